The Balaban J connectivity index is 0.00000225. The highest BCUT2D eigenvalue weighted by molar-refractivity contribution is 14.0. The molecule has 2 aromatic rings. The molecule has 25 heavy (non-hydrogen) atoms. The Labute approximate surface area is 169 Å². The molecule has 3 rings (SSSR count). The molecule has 0 spiro atoms. The van der Waals surface area contributed by atoms with E-state index >= 15 is 0 Å². The molecule has 1 unspecified atom stereocenters. The molecule has 0 radical (unpaired) electrons. The number of likely N-dealkylation sites (N-methyl/N-ethyl adjacent to an activating group) is 1. The summed E-state index contributed by atoms with van der Waals surface area (Å²) in [6.45, 7) is 6.52. The van der Waals surface area contributed by atoms with Crippen LogP contribution in [0.5, 0.6) is 0 Å². The minimum atomic E-state index is -0.127. The molecule has 0 bridgehead atoms. The third-order valence-electron chi connectivity index (χ3n) is 4.27. The lowest BCUT2D eigenvalue weighted by molar-refractivity contribution is 0.437. The van der Waals surface area contributed by atoms with Gasteiger partial charge >= 0.3 is 5.69 Å². The Kier molecular flexibility index (Phi) is 6.79. The van der Waals surface area contributed by atoms with Crippen LogP contribution in [-0.4, -0.2) is 46.6 Å². The van der Waals surface area contributed by atoms with E-state index in [1.165, 1.54) is 0 Å². The van der Waals surface area contributed by atoms with Crippen molar-refractivity contribution >= 4 is 52.6 Å². The summed E-state index contributed by atoms with van der Waals surface area (Å²) in [6.07, 6.45) is 1.13. The number of aliphatic imine (C=N–C) groups is 1. The second-order valence-corrected chi connectivity index (χ2v) is 7.24. The van der Waals surface area contributed by atoms with Crippen LogP contribution in [0.25, 0.3) is 11.0 Å². The molecule has 1 aromatic heterocycles. The lowest BCUT2D eigenvalue weighted by atomic mass is 10.0. The minimum absolute atomic E-state index is 0. The first-order valence-electron chi connectivity index (χ1n) is 8.34. The first-order valence-corrected chi connectivity index (χ1v) is 8.72. The van der Waals surface area contributed by atoms with Crippen LogP contribution < -0.4 is 11.0 Å². The molecule has 1 aliphatic heterocycles. The van der Waals surface area contributed by atoms with Gasteiger partial charge in [0, 0.05) is 31.2 Å². The first kappa shape index (κ1) is 20.1. The first-order chi connectivity index (χ1) is 11.4. The Morgan fingerprint density at radius 2 is 2.16 bits per heavy atom. The van der Waals surface area contributed by atoms with Crippen LogP contribution in [0.3, 0.4) is 0 Å². The van der Waals surface area contributed by atoms with Crippen molar-refractivity contribution < 1.29 is 0 Å². The van der Waals surface area contributed by atoms with E-state index in [1.807, 2.05) is 13.1 Å². The zero-order chi connectivity index (χ0) is 17.3. The average Bonchev–Trinajstić information content (AvgIpc) is 2.98. The number of H-pyrrole nitrogens is 1. The van der Waals surface area contributed by atoms with Crippen LogP contribution in [-0.2, 0) is 6.54 Å². The molecule has 1 aliphatic rings. The van der Waals surface area contributed by atoms with Crippen LogP contribution >= 0.6 is 35.6 Å². The number of aromatic nitrogens is 2. The van der Waals surface area contributed by atoms with Gasteiger partial charge in [0.25, 0.3) is 0 Å². The van der Waals surface area contributed by atoms with Crippen LogP contribution in [0.4, 0.5) is 0 Å². The summed E-state index contributed by atoms with van der Waals surface area (Å²) in [5, 5.41) is 4.09. The quantitative estimate of drug-likeness (QED) is 0.651. The highest BCUT2D eigenvalue weighted by atomic mass is 127. The highest BCUT2D eigenvalue weighted by Gasteiger charge is 2.24. The van der Waals surface area contributed by atoms with Gasteiger partial charge in [-0.05, 0) is 30.5 Å². The van der Waals surface area contributed by atoms with E-state index in [0.29, 0.717) is 30.1 Å². The molecule has 1 fully saturated rings. The largest absolute Gasteiger partial charge is 0.352 e. The van der Waals surface area contributed by atoms with E-state index in [1.54, 1.807) is 16.7 Å². The minimum Gasteiger partial charge on any atom is -0.352 e. The second-order valence-electron chi connectivity index (χ2n) is 6.80. The number of benzene rings is 1. The van der Waals surface area contributed by atoms with E-state index in [4.69, 9.17) is 11.6 Å². The number of guanidine groups is 1. The second kappa shape index (κ2) is 8.44. The molecule has 1 saturated heterocycles. The molecule has 8 heteroatoms. The predicted octanol–water partition coefficient (Wildman–Crippen LogP) is 2.91. The van der Waals surface area contributed by atoms with Gasteiger partial charge in [-0.2, -0.15) is 0 Å². The summed E-state index contributed by atoms with van der Waals surface area (Å²) >= 11 is 5.97. The van der Waals surface area contributed by atoms with Crippen molar-refractivity contribution in [2.75, 3.05) is 20.1 Å². The zero-order valence-corrected chi connectivity index (χ0v) is 17.8. The van der Waals surface area contributed by atoms with Gasteiger partial charge in [0.2, 0.25) is 0 Å². The summed E-state index contributed by atoms with van der Waals surface area (Å²) in [4.78, 5) is 21.7. The SMILES string of the molecule is CC(C)CC1CN(C)C(=NCCn2c(=O)[nH]c3cc(Cl)ccc32)N1.I. The summed E-state index contributed by atoms with van der Waals surface area (Å²) in [5.41, 5.74) is 1.49. The van der Waals surface area contributed by atoms with Crippen LogP contribution in [0.1, 0.15) is 20.3 Å². The maximum absolute atomic E-state index is 12.1. The third kappa shape index (κ3) is 4.69. The molecule has 2 heterocycles. The summed E-state index contributed by atoms with van der Waals surface area (Å²) in [5.74, 6) is 1.57. The third-order valence-corrected chi connectivity index (χ3v) is 4.50. The molecule has 1 atom stereocenters. The van der Waals surface area contributed by atoms with Crippen LogP contribution in [0.2, 0.25) is 5.02 Å². The number of hydrogen-bond donors (Lipinski definition) is 2. The normalized spacial score (nSPS) is 18.8. The van der Waals surface area contributed by atoms with Gasteiger partial charge in [0.1, 0.15) is 0 Å². The van der Waals surface area contributed by atoms with Crippen molar-refractivity contribution in [3.05, 3.63) is 33.7 Å². The van der Waals surface area contributed by atoms with Crippen molar-refractivity contribution in [3.8, 4) is 0 Å². The number of nitrogens with zero attached hydrogens (tertiary/aromatic N) is 3. The van der Waals surface area contributed by atoms with E-state index in [0.717, 1.165) is 30.0 Å². The fourth-order valence-electron chi connectivity index (χ4n) is 3.24. The molecule has 2 N–H and O–H groups in total. The van der Waals surface area contributed by atoms with Crippen LogP contribution in [0, 0.1) is 5.92 Å². The van der Waals surface area contributed by atoms with Crippen molar-refractivity contribution in [3.63, 3.8) is 0 Å². The fraction of sp³-hybridized carbons (Fsp3) is 0.529. The van der Waals surface area contributed by atoms with Gasteiger partial charge < -0.3 is 15.2 Å². The van der Waals surface area contributed by atoms with Gasteiger partial charge in [0.05, 0.1) is 17.6 Å². The van der Waals surface area contributed by atoms with Crippen molar-refractivity contribution in [2.45, 2.75) is 32.9 Å². The van der Waals surface area contributed by atoms with Gasteiger partial charge in [-0.3, -0.25) is 9.56 Å². The maximum atomic E-state index is 12.1. The standard InChI is InChI=1S/C17H24ClN5O.HI/c1-11(2)8-13-10-22(3)16(20-13)19-6-7-23-15-5-4-12(18)9-14(15)21-17(23)24;/h4-5,9,11,13H,6-8,10H2,1-3H3,(H,19,20)(H,21,24);1H. The smallest absolute Gasteiger partial charge is 0.326 e. The Bertz CT molecular complexity index is 813. The molecule has 0 aliphatic carbocycles. The number of fused-ring (bicyclic) bond motifs is 1. The molecular weight excluding hydrogens is 453 g/mol. The highest BCUT2D eigenvalue weighted by Crippen LogP contribution is 2.16. The van der Waals surface area contributed by atoms with Crippen molar-refractivity contribution in [1.29, 1.82) is 0 Å². The number of imidazole rings is 1. The van der Waals surface area contributed by atoms with Crippen molar-refractivity contribution in [1.82, 2.24) is 19.8 Å². The Morgan fingerprint density at radius 1 is 1.40 bits per heavy atom. The monoisotopic (exact) mass is 477 g/mol. The number of rotatable bonds is 5. The lowest BCUT2D eigenvalue weighted by Crippen LogP contribution is -2.30. The van der Waals surface area contributed by atoms with Crippen molar-refractivity contribution in [2.24, 2.45) is 10.9 Å². The van der Waals surface area contributed by atoms with Gasteiger partial charge in [-0.15, -0.1) is 24.0 Å². The summed E-state index contributed by atoms with van der Waals surface area (Å²) in [7, 11) is 2.05. The number of aromatic amines is 1. The lowest BCUT2D eigenvalue weighted by Gasteiger charge is -2.11. The Morgan fingerprint density at radius 3 is 2.88 bits per heavy atom. The van der Waals surface area contributed by atoms with E-state index in [-0.39, 0.29) is 29.7 Å². The molecule has 6 nitrogen and oxygen atoms in total. The van der Waals surface area contributed by atoms with E-state index in [2.05, 4.69) is 34.0 Å². The fourth-order valence-corrected chi connectivity index (χ4v) is 3.41. The predicted molar refractivity (Wildman–Crippen MR) is 114 cm³/mol. The zero-order valence-electron chi connectivity index (χ0n) is 14.8. The average molecular weight is 478 g/mol. The Hall–Kier alpha value is -1.22. The van der Waals surface area contributed by atoms with E-state index in [9.17, 15) is 4.79 Å². The molecule has 0 amide bonds. The molecule has 1 aromatic carbocycles. The van der Waals surface area contributed by atoms with Gasteiger partial charge in [-0.1, -0.05) is 25.4 Å². The summed E-state index contributed by atoms with van der Waals surface area (Å²) in [6, 6.07) is 5.87. The maximum Gasteiger partial charge on any atom is 0.326 e. The van der Waals surface area contributed by atoms with Gasteiger partial charge in [-0.25, -0.2) is 4.79 Å². The summed E-state index contributed by atoms with van der Waals surface area (Å²) < 4.78 is 1.70. The molecule has 0 saturated carbocycles. The van der Waals surface area contributed by atoms with E-state index < -0.39 is 0 Å². The molecule has 138 valence electrons. The number of nitrogens with one attached hydrogen (secondary N) is 2. The number of hydrogen-bond acceptors (Lipinski definition) is 2. The number of halogens is 2. The topological polar surface area (TPSA) is 65.4 Å². The molecular formula is C17H25ClIN5O. The van der Waals surface area contributed by atoms with Crippen LogP contribution in [0.15, 0.2) is 28.0 Å². The van der Waals surface area contributed by atoms with Gasteiger partial charge in [0.15, 0.2) is 5.96 Å².